The minimum absolute atomic E-state index is 0.0866. The van der Waals surface area contributed by atoms with Crippen LogP contribution in [0.1, 0.15) is 131 Å². The number of unbranched alkanes of at least 4 members (excludes halogenated alkanes) is 2. The Kier molecular flexibility index (Phi) is 32.7. The molecule has 0 spiro atoms. The average molecular weight is 879 g/mol. The van der Waals surface area contributed by atoms with E-state index in [9.17, 15) is 48.3 Å². The lowest BCUT2D eigenvalue weighted by atomic mass is 9.86. The predicted molar refractivity (Wildman–Crippen MR) is 236 cm³/mol. The molecule has 0 aromatic heterocycles. The monoisotopic (exact) mass is 877 g/mol. The summed E-state index contributed by atoms with van der Waals surface area (Å²) in [6.07, 6.45) is 4.45. The molecule has 0 fully saturated rings. The molecule has 0 heterocycles. The van der Waals surface area contributed by atoms with Crippen LogP contribution < -0.4 is 16.0 Å². The topological polar surface area (TPSA) is 219 Å². The Morgan fingerprint density at radius 1 is 0.754 bits per heavy atom. The molecule has 4 N–H and O–H groups in total. The number of benzene rings is 1. The Morgan fingerprint density at radius 3 is 1.87 bits per heavy atom. The van der Waals surface area contributed by atoms with Crippen molar-refractivity contribution in [3.63, 3.8) is 0 Å². The third-order valence-electron chi connectivity index (χ3n) is 9.60. The van der Waals surface area contributed by atoms with Crippen LogP contribution in [0.15, 0.2) is 36.9 Å². The maximum atomic E-state index is 13.9. The second kappa shape index (κ2) is 34.1. The minimum atomic E-state index is -1.31. The number of halogens is 1. The lowest BCUT2D eigenvalue weighted by Gasteiger charge is -2.26. The minimum Gasteiger partial charge on any atom is -0.461 e. The van der Waals surface area contributed by atoms with Gasteiger partial charge in [-0.25, -0.2) is 0 Å². The molecule has 1 rings (SSSR count). The van der Waals surface area contributed by atoms with E-state index in [-0.39, 0.29) is 75.3 Å². The van der Waals surface area contributed by atoms with Crippen LogP contribution in [0.2, 0.25) is 0 Å². The Morgan fingerprint density at radius 2 is 1.34 bits per heavy atom. The first-order valence-electron chi connectivity index (χ1n) is 21.2. The van der Waals surface area contributed by atoms with Gasteiger partial charge in [0.2, 0.25) is 17.7 Å². The number of ether oxygens (including phenoxy) is 1. The van der Waals surface area contributed by atoms with Gasteiger partial charge in [0.15, 0.2) is 17.3 Å². The molecule has 15 heteroatoms. The number of alkyl halides is 1. The summed E-state index contributed by atoms with van der Waals surface area (Å²) in [4.78, 5) is 117. The van der Waals surface area contributed by atoms with Crippen molar-refractivity contribution in [1.82, 2.24) is 16.0 Å². The molecule has 0 saturated heterocycles. The smallest absolute Gasteiger partial charge is 0.308 e. The summed E-state index contributed by atoms with van der Waals surface area (Å²) < 4.78 is 5.07. The van der Waals surface area contributed by atoms with Crippen molar-refractivity contribution in [2.75, 3.05) is 19.5 Å². The molecule has 1 aromatic rings. The third-order valence-corrected chi connectivity index (χ3v) is 9.60. The van der Waals surface area contributed by atoms with Crippen LogP contribution in [0.4, 0.5) is 0 Å². The highest BCUT2D eigenvalue weighted by Crippen LogP contribution is 2.21. The molecule has 0 aliphatic rings. The second-order valence-electron chi connectivity index (χ2n) is 15.1. The van der Waals surface area contributed by atoms with Gasteiger partial charge in [-0.2, -0.15) is 0 Å². The summed E-state index contributed by atoms with van der Waals surface area (Å²) in [6.45, 7) is 16.7. The largest absolute Gasteiger partial charge is 0.461 e. The molecular formula is C46H72ClN3O11. The van der Waals surface area contributed by atoms with Gasteiger partial charge in [0.1, 0.15) is 18.2 Å². The first kappa shape index (κ1) is 58.5. The van der Waals surface area contributed by atoms with Crippen LogP contribution in [0, 0.1) is 23.7 Å². The summed E-state index contributed by atoms with van der Waals surface area (Å²) in [6, 6.07) is 4.03. The zero-order valence-corrected chi connectivity index (χ0v) is 38.6. The Bertz CT molecular complexity index is 1560. The molecule has 0 bridgehead atoms. The number of aliphatic hydroxyl groups excluding tert-OH is 1. The maximum Gasteiger partial charge on any atom is 0.308 e. The number of Topliss-reactive ketones (excluding diaryl/α,β-unsaturated/α-hetero) is 5. The Labute approximate surface area is 368 Å². The molecule has 14 nitrogen and oxygen atoms in total. The SMILES string of the molecule is C=CCOC(=O)C[C@H](NC(=O)[C@@H](CC(=O)[C@H](CCC(C)=O)NC(=O)[C@H](CC(C)=O)CC(=O)CNC(=O)[C@@H](C)CCCCC)C(C)C)C(=O)Cc1ccc(CO)cc1.CC.CCl. The summed E-state index contributed by atoms with van der Waals surface area (Å²) in [5, 5.41) is 17.2. The van der Waals surface area contributed by atoms with Gasteiger partial charge < -0.3 is 35.4 Å². The summed E-state index contributed by atoms with van der Waals surface area (Å²) in [5.74, 6) is -7.64. The Balaban J connectivity index is 0. The van der Waals surface area contributed by atoms with Gasteiger partial charge in [-0.05, 0) is 43.7 Å². The second-order valence-corrected chi connectivity index (χ2v) is 15.1. The van der Waals surface area contributed by atoms with E-state index in [1.165, 1.54) is 26.3 Å². The summed E-state index contributed by atoms with van der Waals surface area (Å²) in [5.41, 5.74) is 1.22. The van der Waals surface area contributed by atoms with Gasteiger partial charge in [-0.15, -0.1) is 11.6 Å². The van der Waals surface area contributed by atoms with Crippen LogP contribution in [0.3, 0.4) is 0 Å². The first-order valence-corrected chi connectivity index (χ1v) is 21.9. The van der Waals surface area contributed by atoms with Gasteiger partial charge >= 0.3 is 5.97 Å². The molecule has 344 valence electrons. The van der Waals surface area contributed by atoms with E-state index in [0.29, 0.717) is 17.5 Å². The van der Waals surface area contributed by atoms with E-state index in [2.05, 4.69) is 41.1 Å². The highest BCUT2D eigenvalue weighted by Gasteiger charge is 2.34. The highest BCUT2D eigenvalue weighted by atomic mass is 35.5. The summed E-state index contributed by atoms with van der Waals surface area (Å²) >= 11 is 4.64. The molecule has 1 aromatic carbocycles. The number of amides is 3. The molecular weight excluding hydrogens is 806 g/mol. The van der Waals surface area contributed by atoms with Crippen molar-refractivity contribution in [3.05, 3.63) is 48.0 Å². The fraction of sp³-hybridized carbons (Fsp3) is 0.630. The number of hydrogen-bond donors (Lipinski definition) is 4. The van der Waals surface area contributed by atoms with Gasteiger partial charge in [-0.1, -0.05) is 97.7 Å². The lowest BCUT2D eigenvalue weighted by Crippen LogP contribution is -2.49. The molecule has 61 heavy (non-hydrogen) atoms. The van der Waals surface area contributed by atoms with Gasteiger partial charge in [0.25, 0.3) is 0 Å². The lowest BCUT2D eigenvalue weighted by molar-refractivity contribution is -0.145. The first-order chi connectivity index (χ1) is 28.9. The van der Waals surface area contributed by atoms with Crippen LogP contribution in [-0.2, 0) is 60.9 Å². The van der Waals surface area contributed by atoms with Crippen LogP contribution >= 0.6 is 11.6 Å². The van der Waals surface area contributed by atoms with Gasteiger partial charge in [0.05, 0.1) is 37.6 Å². The van der Waals surface area contributed by atoms with Gasteiger partial charge in [-0.3, -0.25) is 33.6 Å². The molecule has 0 unspecified atom stereocenters. The zero-order valence-electron chi connectivity index (χ0n) is 37.9. The van der Waals surface area contributed by atoms with E-state index < -0.39 is 77.8 Å². The van der Waals surface area contributed by atoms with Crippen LogP contribution in [-0.4, -0.2) is 89.3 Å². The maximum absolute atomic E-state index is 13.9. The predicted octanol–water partition coefficient (Wildman–Crippen LogP) is 5.75. The standard InChI is InChI=1S/C43H63N3O11.C2H6.CH3Cl/c1-8-10-11-12-28(5)41(54)44-25-34(50)22-33(20-30(7)49)42(55)45-36(18-13-29(6)48)39(52)23-35(27(3)4)43(56)46-37(24-40(53)57-19-9-2)38(51)21-31-14-16-32(26-47)17-15-31;2*1-2/h9,14-17,27-28,33,35-37,47H,2,8,10-13,18-26H2,1,3-7H3,(H,44,54)(H,45,55)(H,46,56);1-2H3;1H3/t28-,33+,35-,36-,37-;;/m0../s1. The number of aliphatic hydroxyl groups is 1. The van der Waals surface area contributed by atoms with E-state index in [1.807, 2.05) is 13.8 Å². The summed E-state index contributed by atoms with van der Waals surface area (Å²) in [7, 11) is 0. The molecule has 0 saturated carbocycles. The van der Waals surface area contributed by atoms with Crippen LogP contribution in [0.25, 0.3) is 0 Å². The van der Waals surface area contributed by atoms with Crippen molar-refractivity contribution in [1.29, 1.82) is 0 Å². The van der Waals surface area contributed by atoms with Crippen LogP contribution in [0.5, 0.6) is 0 Å². The van der Waals surface area contributed by atoms with E-state index in [4.69, 9.17) is 4.74 Å². The molecule has 0 aliphatic heterocycles. The molecule has 5 atom stereocenters. The number of rotatable bonds is 30. The fourth-order valence-corrected chi connectivity index (χ4v) is 6.07. The Hall–Kier alpha value is -4.56. The zero-order chi connectivity index (χ0) is 47.1. The van der Waals surface area contributed by atoms with Gasteiger partial charge in [0, 0.05) is 50.3 Å². The number of carbonyl (C=O) groups is 9. The third kappa shape index (κ3) is 25.7. The quantitative estimate of drug-likeness (QED) is 0.0316. The van der Waals surface area contributed by atoms with Crippen molar-refractivity contribution in [2.45, 2.75) is 145 Å². The number of nitrogens with one attached hydrogen (secondary N) is 3. The van der Waals surface area contributed by atoms with Crippen molar-refractivity contribution >= 4 is 64.2 Å². The highest BCUT2D eigenvalue weighted by molar-refractivity contribution is 6.15. The van der Waals surface area contributed by atoms with Crippen molar-refractivity contribution in [2.24, 2.45) is 23.7 Å². The average Bonchev–Trinajstić information content (AvgIpc) is 3.23. The normalized spacial score (nSPS) is 12.9. The molecule has 0 aliphatic carbocycles. The fourth-order valence-electron chi connectivity index (χ4n) is 6.07. The number of ketones is 5. The van der Waals surface area contributed by atoms with E-state index in [0.717, 1.165) is 19.3 Å². The number of carbonyl (C=O) groups excluding carboxylic acids is 9. The molecule has 3 amide bonds. The van der Waals surface area contributed by atoms with Crippen molar-refractivity contribution < 1.29 is 53.0 Å². The van der Waals surface area contributed by atoms with Crippen molar-refractivity contribution in [3.8, 4) is 0 Å². The molecule has 0 radical (unpaired) electrons. The van der Waals surface area contributed by atoms with E-state index >= 15 is 0 Å². The number of esters is 1. The van der Waals surface area contributed by atoms with E-state index in [1.54, 1.807) is 45.0 Å². The number of hydrogen-bond acceptors (Lipinski definition) is 11.